The first-order valence-corrected chi connectivity index (χ1v) is 7.45. The first-order valence-electron chi connectivity index (χ1n) is 7.45. The summed E-state index contributed by atoms with van der Waals surface area (Å²) < 4.78 is 13.1. The van der Waals surface area contributed by atoms with E-state index in [2.05, 4.69) is 10.6 Å². The number of carbonyl (C=O) groups is 1. The highest BCUT2D eigenvalue weighted by Gasteiger charge is 2.16. The second-order valence-electron chi connectivity index (χ2n) is 5.17. The van der Waals surface area contributed by atoms with E-state index in [1.54, 1.807) is 12.1 Å². The van der Waals surface area contributed by atoms with Crippen molar-refractivity contribution in [2.45, 2.75) is 18.9 Å². The van der Waals surface area contributed by atoms with Gasteiger partial charge in [-0.3, -0.25) is 4.79 Å². The molecule has 2 aromatic carbocycles. The molecule has 0 aliphatic heterocycles. The summed E-state index contributed by atoms with van der Waals surface area (Å²) in [5.74, 6) is -0.288. The van der Waals surface area contributed by atoms with E-state index < -0.39 is 0 Å². The quantitative estimate of drug-likeness (QED) is 0.760. The molecule has 2 rings (SSSR count). The Balaban J connectivity index is 0.00000264. The van der Waals surface area contributed by atoms with Gasteiger partial charge in [-0.15, -0.1) is 12.4 Å². The minimum absolute atomic E-state index is 0. The van der Waals surface area contributed by atoms with Crippen LogP contribution in [-0.4, -0.2) is 19.5 Å². The summed E-state index contributed by atoms with van der Waals surface area (Å²) in [6.45, 7) is 0.806. The molecule has 0 bridgehead atoms. The predicted octanol–water partition coefficient (Wildman–Crippen LogP) is 3.45. The molecule has 124 valence electrons. The summed E-state index contributed by atoms with van der Waals surface area (Å²) in [4.78, 5) is 12.1. The maximum atomic E-state index is 13.1. The molecule has 1 atom stereocenters. The van der Waals surface area contributed by atoms with Gasteiger partial charge in [-0.25, -0.2) is 4.39 Å². The number of nitrogens with one attached hydrogen (secondary N) is 2. The Labute approximate surface area is 142 Å². The van der Waals surface area contributed by atoms with Crippen LogP contribution in [0.15, 0.2) is 54.6 Å². The van der Waals surface area contributed by atoms with Gasteiger partial charge in [-0.1, -0.05) is 42.5 Å². The molecule has 0 aliphatic rings. The second-order valence-corrected chi connectivity index (χ2v) is 5.17. The number of hydrogen-bond donors (Lipinski definition) is 2. The summed E-state index contributed by atoms with van der Waals surface area (Å²) in [5, 5.41) is 6.06. The molecule has 0 saturated carbocycles. The molecule has 2 N–H and O–H groups in total. The molecule has 0 radical (unpaired) electrons. The van der Waals surface area contributed by atoms with Crippen LogP contribution < -0.4 is 10.6 Å². The van der Waals surface area contributed by atoms with Crippen LogP contribution >= 0.6 is 12.4 Å². The molecule has 0 aliphatic carbocycles. The smallest absolute Gasteiger partial charge is 0.220 e. The van der Waals surface area contributed by atoms with Crippen molar-refractivity contribution in [2.24, 2.45) is 0 Å². The summed E-state index contributed by atoms with van der Waals surface area (Å²) in [6.07, 6.45) is 1.25. The van der Waals surface area contributed by atoms with Crippen LogP contribution in [0.5, 0.6) is 0 Å². The zero-order valence-corrected chi connectivity index (χ0v) is 13.9. The summed E-state index contributed by atoms with van der Waals surface area (Å²) in [5.41, 5.74) is 1.85. The summed E-state index contributed by atoms with van der Waals surface area (Å²) in [7, 11) is 1.86. The van der Waals surface area contributed by atoms with E-state index in [-0.39, 0.29) is 30.2 Å². The van der Waals surface area contributed by atoms with Crippen LogP contribution in [0.2, 0.25) is 0 Å². The second kappa shape index (κ2) is 9.98. The third kappa shape index (κ3) is 6.00. The van der Waals surface area contributed by atoms with Gasteiger partial charge in [0.25, 0.3) is 0 Å². The largest absolute Gasteiger partial charge is 0.345 e. The van der Waals surface area contributed by atoms with E-state index in [9.17, 15) is 9.18 Å². The highest BCUT2D eigenvalue weighted by atomic mass is 35.5. The van der Waals surface area contributed by atoms with Gasteiger partial charge in [-0.05, 0) is 43.3 Å². The highest BCUT2D eigenvalue weighted by Crippen LogP contribution is 2.22. The lowest BCUT2D eigenvalue weighted by atomic mass is 9.98. The summed E-state index contributed by atoms with van der Waals surface area (Å²) in [6, 6.07) is 15.7. The maximum Gasteiger partial charge on any atom is 0.220 e. The zero-order valence-electron chi connectivity index (χ0n) is 13.1. The van der Waals surface area contributed by atoms with Gasteiger partial charge < -0.3 is 10.6 Å². The Bertz CT molecular complexity index is 590. The molecule has 3 nitrogen and oxygen atoms in total. The van der Waals surface area contributed by atoms with Gasteiger partial charge in [0, 0.05) is 6.42 Å². The predicted molar refractivity (Wildman–Crippen MR) is 93.2 cm³/mol. The van der Waals surface area contributed by atoms with Gasteiger partial charge in [0.1, 0.15) is 5.82 Å². The standard InChI is InChI=1S/C18H21FN2O.ClH/c1-20-13-5-8-17(22)21-18(14-6-3-2-4-7-14)15-9-11-16(19)12-10-15;/h2-4,6-7,9-12,18,20H,5,8,13H2,1H3,(H,21,22);1H. The molecular formula is C18H22ClFN2O. The number of carbonyl (C=O) groups excluding carboxylic acids is 1. The first-order chi connectivity index (χ1) is 10.7. The average molecular weight is 337 g/mol. The Morgan fingerprint density at radius 3 is 2.26 bits per heavy atom. The van der Waals surface area contributed by atoms with Gasteiger partial charge in [0.05, 0.1) is 6.04 Å². The van der Waals surface area contributed by atoms with Crippen LogP contribution in [0.4, 0.5) is 4.39 Å². The lowest BCUT2D eigenvalue weighted by Crippen LogP contribution is -2.29. The van der Waals surface area contributed by atoms with Crippen molar-refractivity contribution >= 4 is 18.3 Å². The molecule has 1 amide bonds. The van der Waals surface area contributed by atoms with Crippen LogP contribution in [-0.2, 0) is 4.79 Å². The topological polar surface area (TPSA) is 41.1 Å². The fourth-order valence-electron chi connectivity index (χ4n) is 2.32. The van der Waals surface area contributed by atoms with E-state index in [0.717, 1.165) is 24.1 Å². The lowest BCUT2D eigenvalue weighted by Gasteiger charge is -2.20. The Kier molecular flexibility index (Phi) is 8.30. The number of amides is 1. The van der Waals surface area contributed by atoms with E-state index in [1.165, 1.54) is 12.1 Å². The molecule has 23 heavy (non-hydrogen) atoms. The Morgan fingerprint density at radius 1 is 1.04 bits per heavy atom. The third-order valence-electron chi connectivity index (χ3n) is 3.47. The molecule has 0 saturated heterocycles. The first kappa shape index (κ1) is 19.1. The lowest BCUT2D eigenvalue weighted by molar-refractivity contribution is -0.121. The minimum atomic E-state index is -0.282. The maximum absolute atomic E-state index is 13.1. The van der Waals surface area contributed by atoms with Gasteiger partial charge in [-0.2, -0.15) is 0 Å². The van der Waals surface area contributed by atoms with Gasteiger partial charge in [0.15, 0.2) is 0 Å². The van der Waals surface area contributed by atoms with Crippen LogP contribution in [0.3, 0.4) is 0 Å². The summed E-state index contributed by atoms with van der Waals surface area (Å²) >= 11 is 0. The van der Waals surface area contributed by atoms with E-state index in [0.29, 0.717) is 6.42 Å². The Hall–Kier alpha value is -1.91. The molecule has 1 unspecified atom stereocenters. The fourth-order valence-corrected chi connectivity index (χ4v) is 2.32. The molecule has 0 fully saturated rings. The Morgan fingerprint density at radius 2 is 1.65 bits per heavy atom. The normalized spacial score (nSPS) is 11.4. The third-order valence-corrected chi connectivity index (χ3v) is 3.47. The average Bonchev–Trinajstić information content (AvgIpc) is 2.55. The van der Waals surface area contributed by atoms with E-state index >= 15 is 0 Å². The molecule has 5 heteroatoms. The van der Waals surface area contributed by atoms with Crippen molar-refractivity contribution in [2.75, 3.05) is 13.6 Å². The zero-order chi connectivity index (χ0) is 15.8. The number of halogens is 2. The van der Waals surface area contributed by atoms with Crippen molar-refractivity contribution in [3.8, 4) is 0 Å². The number of benzene rings is 2. The minimum Gasteiger partial charge on any atom is -0.345 e. The van der Waals surface area contributed by atoms with Gasteiger partial charge >= 0.3 is 0 Å². The molecule has 0 heterocycles. The van der Waals surface area contributed by atoms with Crippen LogP contribution in [0, 0.1) is 5.82 Å². The van der Waals surface area contributed by atoms with E-state index in [4.69, 9.17) is 0 Å². The van der Waals surface area contributed by atoms with Crippen molar-refractivity contribution in [1.82, 2.24) is 10.6 Å². The van der Waals surface area contributed by atoms with Gasteiger partial charge in [0.2, 0.25) is 5.91 Å². The van der Waals surface area contributed by atoms with Crippen molar-refractivity contribution < 1.29 is 9.18 Å². The number of rotatable bonds is 7. The molecule has 2 aromatic rings. The number of hydrogen-bond acceptors (Lipinski definition) is 2. The highest BCUT2D eigenvalue weighted by molar-refractivity contribution is 5.85. The van der Waals surface area contributed by atoms with Crippen LogP contribution in [0.1, 0.15) is 30.0 Å². The van der Waals surface area contributed by atoms with Crippen molar-refractivity contribution in [1.29, 1.82) is 0 Å². The van der Waals surface area contributed by atoms with Crippen molar-refractivity contribution in [3.05, 3.63) is 71.5 Å². The molecule has 0 aromatic heterocycles. The van der Waals surface area contributed by atoms with Crippen molar-refractivity contribution in [3.63, 3.8) is 0 Å². The molecule has 0 spiro atoms. The van der Waals surface area contributed by atoms with Crippen LogP contribution in [0.25, 0.3) is 0 Å². The fraction of sp³-hybridized carbons (Fsp3) is 0.278. The molecular weight excluding hydrogens is 315 g/mol. The SMILES string of the molecule is CNCCCC(=O)NC(c1ccccc1)c1ccc(F)cc1.Cl. The monoisotopic (exact) mass is 336 g/mol. The van der Waals surface area contributed by atoms with E-state index in [1.807, 2.05) is 37.4 Å².